The number of oxazole rings is 1. The van der Waals surface area contributed by atoms with Crippen LogP contribution in [0.2, 0.25) is 10.0 Å². The smallest absolute Gasteiger partial charge is 0.258 e. The molecule has 0 radical (unpaired) electrons. The number of anilines is 1. The highest BCUT2D eigenvalue weighted by molar-refractivity contribution is 7.80. The van der Waals surface area contributed by atoms with Gasteiger partial charge in [-0.25, -0.2) is 4.98 Å². The van der Waals surface area contributed by atoms with Crippen LogP contribution >= 0.6 is 35.4 Å². The number of nitrogens with one attached hydrogen (secondary N) is 2. The lowest BCUT2D eigenvalue weighted by Gasteiger charge is -2.13. The number of halogens is 2. The molecule has 0 bridgehead atoms. The fourth-order valence-electron chi connectivity index (χ4n) is 2.99. The summed E-state index contributed by atoms with van der Waals surface area (Å²) in [6.45, 7) is 1.91. The van der Waals surface area contributed by atoms with Crippen LogP contribution in [0.5, 0.6) is 0 Å². The largest absolute Gasteiger partial charge is 0.436 e. The second-order valence-corrected chi connectivity index (χ2v) is 7.75. The van der Waals surface area contributed by atoms with Crippen LogP contribution in [-0.2, 0) is 0 Å². The lowest BCUT2D eigenvalue weighted by molar-refractivity contribution is 0.0978. The molecule has 30 heavy (non-hydrogen) atoms. The van der Waals surface area contributed by atoms with Crippen LogP contribution in [0.3, 0.4) is 0 Å². The van der Waals surface area contributed by atoms with Crippen molar-refractivity contribution in [2.75, 3.05) is 5.32 Å². The van der Waals surface area contributed by atoms with E-state index in [4.69, 9.17) is 39.8 Å². The van der Waals surface area contributed by atoms with E-state index in [1.165, 1.54) is 0 Å². The van der Waals surface area contributed by atoms with Crippen molar-refractivity contribution in [2.45, 2.75) is 6.92 Å². The van der Waals surface area contributed by atoms with Gasteiger partial charge in [0.25, 0.3) is 5.91 Å². The number of thiocarbonyl (C=S) groups is 1. The Morgan fingerprint density at radius 2 is 1.87 bits per heavy atom. The third-order valence-corrected chi connectivity index (χ3v) is 5.28. The van der Waals surface area contributed by atoms with E-state index in [1.807, 2.05) is 25.1 Å². The normalized spacial score (nSPS) is 10.8. The third kappa shape index (κ3) is 4.16. The van der Waals surface area contributed by atoms with Gasteiger partial charge in [-0.2, -0.15) is 0 Å². The molecule has 0 aliphatic heterocycles. The minimum atomic E-state index is -0.386. The highest BCUT2D eigenvalue weighted by Crippen LogP contribution is 2.31. The van der Waals surface area contributed by atoms with Crippen LogP contribution in [0.15, 0.2) is 65.1 Å². The molecule has 0 aliphatic carbocycles. The minimum absolute atomic E-state index is 0.157. The maximum Gasteiger partial charge on any atom is 0.258 e. The number of hydrogen-bond donors (Lipinski definition) is 2. The maximum atomic E-state index is 12.4. The fourth-order valence-corrected chi connectivity index (χ4v) is 3.58. The van der Waals surface area contributed by atoms with Gasteiger partial charge in [-0.15, -0.1) is 0 Å². The van der Waals surface area contributed by atoms with Crippen LogP contribution in [0, 0.1) is 6.92 Å². The van der Waals surface area contributed by atoms with Crippen LogP contribution in [0.1, 0.15) is 15.9 Å². The summed E-state index contributed by atoms with van der Waals surface area (Å²) < 4.78 is 5.87. The Balaban J connectivity index is 1.56. The molecule has 4 aromatic rings. The van der Waals surface area contributed by atoms with E-state index in [0.29, 0.717) is 32.6 Å². The number of carbonyl (C=O) groups excluding carboxylic acids is 1. The van der Waals surface area contributed by atoms with Crippen molar-refractivity contribution < 1.29 is 9.21 Å². The summed E-state index contributed by atoms with van der Waals surface area (Å²) in [5, 5.41) is 6.79. The number of amides is 1. The molecular weight excluding hydrogens is 441 g/mol. The van der Waals surface area contributed by atoms with E-state index in [-0.39, 0.29) is 11.0 Å². The standard InChI is InChI=1S/C22H15Cl2N3O2S/c1-12-14(21-25-18-11-13(23)9-10-19(18)29-21)6-4-8-17(12)26-22(30)27-20(28)15-5-2-3-7-16(15)24/h2-11H,1H3,(H2,26,27,28,30). The number of fused-ring (bicyclic) bond motifs is 1. The summed E-state index contributed by atoms with van der Waals surface area (Å²) in [6.07, 6.45) is 0. The Morgan fingerprint density at radius 1 is 1.07 bits per heavy atom. The number of aromatic nitrogens is 1. The lowest BCUT2D eigenvalue weighted by Crippen LogP contribution is -2.34. The predicted molar refractivity (Wildman–Crippen MR) is 124 cm³/mol. The van der Waals surface area contributed by atoms with E-state index < -0.39 is 0 Å². The molecule has 2 N–H and O–H groups in total. The predicted octanol–water partition coefficient (Wildman–Crippen LogP) is 6.24. The van der Waals surface area contributed by atoms with Gasteiger partial charge < -0.3 is 9.73 Å². The van der Waals surface area contributed by atoms with Crippen LogP contribution in [-0.4, -0.2) is 16.0 Å². The lowest BCUT2D eigenvalue weighted by atomic mass is 10.1. The molecule has 0 spiro atoms. The Morgan fingerprint density at radius 3 is 2.67 bits per heavy atom. The van der Waals surface area contributed by atoms with E-state index in [1.54, 1.807) is 42.5 Å². The van der Waals surface area contributed by atoms with Crippen molar-refractivity contribution in [3.05, 3.63) is 81.8 Å². The molecule has 0 saturated heterocycles. The Hall–Kier alpha value is -2.93. The molecular formula is C22H15Cl2N3O2S. The van der Waals surface area contributed by atoms with Crippen molar-refractivity contribution >= 4 is 63.2 Å². The van der Waals surface area contributed by atoms with Crippen LogP contribution < -0.4 is 10.6 Å². The monoisotopic (exact) mass is 455 g/mol. The van der Waals surface area contributed by atoms with Gasteiger partial charge in [0.2, 0.25) is 5.89 Å². The van der Waals surface area contributed by atoms with Gasteiger partial charge in [0, 0.05) is 16.3 Å². The number of hydrogen-bond acceptors (Lipinski definition) is 4. The first kappa shape index (κ1) is 20.3. The van der Waals surface area contributed by atoms with Crippen LogP contribution in [0.25, 0.3) is 22.6 Å². The molecule has 4 rings (SSSR count). The number of nitrogens with zero attached hydrogens (tertiary/aromatic N) is 1. The average molecular weight is 456 g/mol. The van der Waals surface area contributed by atoms with Crippen molar-refractivity contribution in [3.8, 4) is 11.5 Å². The molecule has 1 aromatic heterocycles. The van der Waals surface area contributed by atoms with Crippen molar-refractivity contribution in [3.63, 3.8) is 0 Å². The molecule has 150 valence electrons. The molecule has 0 atom stereocenters. The van der Waals surface area contributed by atoms with Crippen molar-refractivity contribution in [2.24, 2.45) is 0 Å². The molecule has 0 fully saturated rings. The fraction of sp³-hybridized carbons (Fsp3) is 0.0455. The second-order valence-electron chi connectivity index (χ2n) is 6.50. The summed E-state index contributed by atoms with van der Waals surface area (Å²) in [5.74, 6) is 0.0853. The number of benzene rings is 3. The van der Waals surface area contributed by atoms with Gasteiger partial charge in [-0.3, -0.25) is 10.1 Å². The summed E-state index contributed by atoms with van der Waals surface area (Å²) in [7, 11) is 0. The topological polar surface area (TPSA) is 67.2 Å². The summed E-state index contributed by atoms with van der Waals surface area (Å²) in [5.41, 5.74) is 4.06. The zero-order valence-corrected chi connectivity index (χ0v) is 18.0. The number of rotatable bonds is 3. The Labute approximate surface area is 188 Å². The molecule has 0 saturated carbocycles. The molecule has 0 unspecified atom stereocenters. The Kier molecular flexibility index (Phi) is 5.72. The van der Waals surface area contributed by atoms with Gasteiger partial charge >= 0.3 is 0 Å². The van der Waals surface area contributed by atoms with Crippen molar-refractivity contribution in [1.82, 2.24) is 10.3 Å². The van der Waals surface area contributed by atoms with Crippen LogP contribution in [0.4, 0.5) is 5.69 Å². The highest BCUT2D eigenvalue weighted by Gasteiger charge is 2.15. The average Bonchev–Trinajstić information content (AvgIpc) is 3.12. The van der Waals surface area contributed by atoms with Gasteiger partial charge in [0.05, 0.1) is 10.6 Å². The highest BCUT2D eigenvalue weighted by atomic mass is 35.5. The quantitative estimate of drug-likeness (QED) is 0.358. The molecule has 3 aromatic carbocycles. The zero-order chi connectivity index (χ0) is 21.3. The molecule has 1 amide bonds. The second kappa shape index (κ2) is 8.44. The molecule has 0 aliphatic rings. The summed E-state index contributed by atoms with van der Waals surface area (Å²) in [4.78, 5) is 16.9. The van der Waals surface area contributed by atoms with Gasteiger partial charge in [-0.05, 0) is 67.2 Å². The van der Waals surface area contributed by atoms with E-state index in [0.717, 1.165) is 16.8 Å². The molecule has 1 heterocycles. The maximum absolute atomic E-state index is 12.4. The van der Waals surface area contributed by atoms with E-state index in [9.17, 15) is 4.79 Å². The summed E-state index contributed by atoms with van der Waals surface area (Å²) in [6, 6.07) is 17.7. The van der Waals surface area contributed by atoms with Gasteiger partial charge in [0.15, 0.2) is 10.7 Å². The van der Waals surface area contributed by atoms with Gasteiger partial charge in [-0.1, -0.05) is 41.4 Å². The SMILES string of the molecule is Cc1c(NC(=S)NC(=O)c2ccccc2Cl)cccc1-c1nc2cc(Cl)ccc2o1. The van der Waals surface area contributed by atoms with E-state index >= 15 is 0 Å². The summed E-state index contributed by atoms with van der Waals surface area (Å²) >= 11 is 17.4. The first-order valence-corrected chi connectivity index (χ1v) is 10.1. The number of carbonyl (C=O) groups is 1. The van der Waals surface area contributed by atoms with E-state index in [2.05, 4.69) is 15.6 Å². The third-order valence-electron chi connectivity index (χ3n) is 4.51. The minimum Gasteiger partial charge on any atom is -0.436 e. The molecule has 8 heteroatoms. The van der Waals surface area contributed by atoms with Gasteiger partial charge in [0.1, 0.15) is 5.52 Å². The van der Waals surface area contributed by atoms with Crippen molar-refractivity contribution in [1.29, 1.82) is 0 Å². The zero-order valence-electron chi connectivity index (χ0n) is 15.7. The molecule has 5 nitrogen and oxygen atoms in total. The first-order chi connectivity index (χ1) is 14.4. The Bertz CT molecular complexity index is 1290. The first-order valence-electron chi connectivity index (χ1n) is 8.95.